The fourth-order valence-corrected chi connectivity index (χ4v) is 5.84. The predicted molar refractivity (Wildman–Crippen MR) is 117 cm³/mol. The van der Waals surface area contributed by atoms with Gasteiger partial charge in [0.15, 0.2) is 20.8 Å². The number of carbonyl (C=O) groups excluding carboxylic acids is 2. The van der Waals surface area contributed by atoms with E-state index < -0.39 is 15.1 Å². The molecule has 160 valence electrons. The van der Waals surface area contributed by atoms with Gasteiger partial charge in [0, 0.05) is 23.7 Å². The Morgan fingerprint density at radius 1 is 1.33 bits per heavy atom. The first kappa shape index (κ1) is 22.2. The molecule has 0 aliphatic carbocycles. The number of ketones is 1. The Labute approximate surface area is 180 Å². The molecule has 2 aromatic rings. The number of sulfone groups is 1. The number of Topliss-reactive ketones (excluding diaryl/α,β-unsaturated/α-hetero) is 1. The smallest absolute Gasteiger partial charge is 0.237 e. The van der Waals surface area contributed by atoms with E-state index in [1.54, 1.807) is 37.3 Å². The average molecular weight is 449 g/mol. The van der Waals surface area contributed by atoms with E-state index in [0.717, 1.165) is 0 Å². The molecule has 1 aromatic carbocycles. The summed E-state index contributed by atoms with van der Waals surface area (Å²) in [5, 5.41) is 11.3. The molecule has 1 aliphatic rings. The molecule has 1 N–H and O–H groups in total. The van der Waals surface area contributed by atoms with Gasteiger partial charge in [-0.1, -0.05) is 17.8 Å². The van der Waals surface area contributed by atoms with E-state index in [1.807, 2.05) is 4.57 Å². The molecule has 1 fully saturated rings. The SMILES string of the molecule is C=CCn1c(S[C@@H](C)C(=O)Nc2ccc(C(C)=O)cc2)nnc1[C@@H]1CCS(=O)(=O)C1. The summed E-state index contributed by atoms with van der Waals surface area (Å²) in [6, 6.07) is 6.70. The molecule has 1 amide bonds. The van der Waals surface area contributed by atoms with Crippen LogP contribution in [0.1, 0.15) is 42.4 Å². The van der Waals surface area contributed by atoms with Crippen LogP contribution < -0.4 is 5.32 Å². The molecule has 30 heavy (non-hydrogen) atoms. The number of hydrogen-bond donors (Lipinski definition) is 1. The standard InChI is InChI=1S/C20H24N4O4S2/c1-4-10-24-18(16-9-11-30(27,28)12-16)22-23-20(24)29-14(3)19(26)21-17-7-5-15(6-8-17)13(2)25/h4-8,14,16H,1,9-12H2,2-3H3,(H,21,26)/t14-,16+/m0/s1. The zero-order chi connectivity index (χ0) is 21.9. The van der Waals surface area contributed by atoms with Gasteiger partial charge in [0.25, 0.3) is 0 Å². The molecule has 0 saturated carbocycles. The van der Waals surface area contributed by atoms with Gasteiger partial charge in [-0.2, -0.15) is 0 Å². The van der Waals surface area contributed by atoms with Crippen LogP contribution in [-0.4, -0.2) is 51.6 Å². The summed E-state index contributed by atoms with van der Waals surface area (Å²) in [7, 11) is -3.04. The van der Waals surface area contributed by atoms with Gasteiger partial charge in [0.05, 0.1) is 16.8 Å². The Morgan fingerprint density at radius 3 is 2.60 bits per heavy atom. The van der Waals surface area contributed by atoms with E-state index >= 15 is 0 Å². The van der Waals surface area contributed by atoms with E-state index in [9.17, 15) is 18.0 Å². The molecule has 0 bridgehead atoms. The van der Waals surface area contributed by atoms with E-state index in [2.05, 4.69) is 22.1 Å². The molecule has 1 aromatic heterocycles. The molecular weight excluding hydrogens is 424 g/mol. The third kappa shape index (κ3) is 5.17. The van der Waals surface area contributed by atoms with Crippen molar-refractivity contribution >= 4 is 39.0 Å². The van der Waals surface area contributed by atoms with Crippen LogP contribution in [0, 0.1) is 0 Å². The summed E-state index contributed by atoms with van der Waals surface area (Å²) in [6.45, 7) is 7.44. The van der Waals surface area contributed by atoms with Crippen LogP contribution in [0.5, 0.6) is 0 Å². The Balaban J connectivity index is 1.71. The van der Waals surface area contributed by atoms with Crippen LogP contribution in [0.4, 0.5) is 5.69 Å². The van der Waals surface area contributed by atoms with E-state index in [4.69, 9.17) is 0 Å². The zero-order valence-electron chi connectivity index (χ0n) is 16.9. The number of allylic oxidation sites excluding steroid dienone is 1. The Kier molecular flexibility index (Phi) is 6.77. The van der Waals surface area contributed by atoms with Crippen LogP contribution in [-0.2, 0) is 21.2 Å². The van der Waals surface area contributed by atoms with Crippen LogP contribution >= 0.6 is 11.8 Å². The largest absolute Gasteiger partial charge is 0.325 e. The number of anilines is 1. The number of benzene rings is 1. The molecule has 3 rings (SSSR count). The van der Waals surface area contributed by atoms with Crippen LogP contribution in [0.25, 0.3) is 0 Å². The Hall–Kier alpha value is -2.46. The van der Waals surface area contributed by atoms with E-state index in [0.29, 0.717) is 35.2 Å². The number of nitrogens with zero attached hydrogens (tertiary/aromatic N) is 3. The number of nitrogens with one attached hydrogen (secondary N) is 1. The molecule has 8 nitrogen and oxygen atoms in total. The topological polar surface area (TPSA) is 111 Å². The normalized spacial score (nSPS) is 18.7. The molecule has 2 heterocycles. The molecule has 2 atom stereocenters. The number of rotatable bonds is 8. The number of hydrogen-bond acceptors (Lipinski definition) is 7. The molecule has 1 aliphatic heterocycles. The van der Waals surface area contributed by atoms with Crippen LogP contribution in [0.2, 0.25) is 0 Å². The van der Waals surface area contributed by atoms with Crippen molar-refractivity contribution in [3.05, 3.63) is 48.3 Å². The van der Waals surface area contributed by atoms with Gasteiger partial charge in [-0.3, -0.25) is 9.59 Å². The summed E-state index contributed by atoms with van der Waals surface area (Å²) in [5.74, 6) is 0.395. The van der Waals surface area contributed by atoms with E-state index in [1.165, 1.54) is 18.7 Å². The number of carbonyl (C=O) groups is 2. The summed E-state index contributed by atoms with van der Waals surface area (Å²) in [4.78, 5) is 24.0. The van der Waals surface area contributed by atoms with Crippen molar-refractivity contribution in [2.75, 3.05) is 16.8 Å². The summed E-state index contributed by atoms with van der Waals surface area (Å²) in [6.07, 6.45) is 2.22. The van der Waals surface area contributed by atoms with E-state index in [-0.39, 0.29) is 29.1 Å². The summed E-state index contributed by atoms with van der Waals surface area (Å²) < 4.78 is 25.5. The molecule has 0 unspecified atom stereocenters. The molecule has 0 spiro atoms. The third-order valence-corrected chi connectivity index (χ3v) is 7.71. The number of thioether (sulfide) groups is 1. The van der Waals surface area contributed by atoms with Crippen molar-refractivity contribution in [1.82, 2.24) is 14.8 Å². The third-order valence-electron chi connectivity index (χ3n) is 4.87. The molecule has 1 saturated heterocycles. The van der Waals surface area contributed by atoms with Gasteiger partial charge in [-0.05, 0) is 44.5 Å². The summed E-state index contributed by atoms with van der Waals surface area (Å²) in [5.41, 5.74) is 1.18. The van der Waals surface area contributed by atoms with Gasteiger partial charge >= 0.3 is 0 Å². The first-order valence-electron chi connectivity index (χ1n) is 9.53. The maximum absolute atomic E-state index is 12.6. The lowest BCUT2D eigenvalue weighted by atomic mass is 10.1. The highest BCUT2D eigenvalue weighted by atomic mass is 32.2. The van der Waals surface area contributed by atoms with Gasteiger partial charge in [-0.25, -0.2) is 8.42 Å². The van der Waals surface area contributed by atoms with Crippen molar-refractivity contribution < 1.29 is 18.0 Å². The number of amides is 1. The van der Waals surface area contributed by atoms with Crippen molar-refractivity contribution in [2.24, 2.45) is 0 Å². The average Bonchev–Trinajstić information content (AvgIpc) is 3.25. The predicted octanol–water partition coefficient (Wildman–Crippen LogP) is 2.69. The van der Waals surface area contributed by atoms with Gasteiger partial charge in [-0.15, -0.1) is 16.8 Å². The van der Waals surface area contributed by atoms with Crippen molar-refractivity contribution in [1.29, 1.82) is 0 Å². The number of aromatic nitrogens is 3. The van der Waals surface area contributed by atoms with Gasteiger partial charge in [0.1, 0.15) is 5.82 Å². The highest BCUT2D eigenvalue weighted by Crippen LogP contribution is 2.31. The monoisotopic (exact) mass is 448 g/mol. The molecular formula is C20H24N4O4S2. The summed E-state index contributed by atoms with van der Waals surface area (Å²) >= 11 is 1.25. The van der Waals surface area contributed by atoms with Crippen molar-refractivity contribution in [3.8, 4) is 0 Å². The van der Waals surface area contributed by atoms with Crippen LogP contribution in [0.3, 0.4) is 0 Å². The fourth-order valence-electron chi connectivity index (χ4n) is 3.23. The Morgan fingerprint density at radius 2 is 2.03 bits per heavy atom. The Bertz CT molecular complexity index is 1060. The minimum Gasteiger partial charge on any atom is -0.325 e. The highest BCUT2D eigenvalue weighted by molar-refractivity contribution is 8.00. The molecule has 0 radical (unpaired) electrons. The lowest BCUT2D eigenvalue weighted by Gasteiger charge is -2.14. The first-order chi connectivity index (χ1) is 14.2. The van der Waals surface area contributed by atoms with Crippen LogP contribution in [0.15, 0.2) is 42.1 Å². The van der Waals surface area contributed by atoms with Crippen molar-refractivity contribution in [3.63, 3.8) is 0 Å². The maximum Gasteiger partial charge on any atom is 0.237 e. The van der Waals surface area contributed by atoms with Crippen molar-refractivity contribution in [2.45, 2.75) is 43.1 Å². The second-order valence-electron chi connectivity index (χ2n) is 7.22. The second-order valence-corrected chi connectivity index (χ2v) is 10.8. The maximum atomic E-state index is 12.6. The quantitative estimate of drug-likeness (QED) is 0.375. The highest BCUT2D eigenvalue weighted by Gasteiger charge is 2.33. The minimum absolute atomic E-state index is 0.0378. The fraction of sp³-hybridized carbons (Fsp3) is 0.400. The minimum atomic E-state index is -3.04. The first-order valence-corrected chi connectivity index (χ1v) is 12.2. The lowest BCUT2D eigenvalue weighted by Crippen LogP contribution is -2.23. The molecule has 10 heteroatoms. The van der Waals surface area contributed by atoms with Gasteiger partial charge in [0.2, 0.25) is 5.91 Å². The second kappa shape index (κ2) is 9.13. The zero-order valence-corrected chi connectivity index (χ0v) is 18.5. The lowest BCUT2D eigenvalue weighted by molar-refractivity contribution is -0.115. The van der Waals surface area contributed by atoms with Gasteiger partial charge < -0.3 is 9.88 Å².